The number of hydrogen-bond acceptors (Lipinski definition) is 2. The molecule has 0 aromatic heterocycles. The van der Waals surface area contributed by atoms with Crippen molar-refractivity contribution in [3.8, 4) is 0 Å². The zero-order valence-electron chi connectivity index (χ0n) is 13.8. The van der Waals surface area contributed by atoms with Crippen LogP contribution >= 0.6 is 0 Å². The summed E-state index contributed by atoms with van der Waals surface area (Å²) in [4.78, 5) is 23.8. The molecule has 0 bridgehead atoms. The minimum Gasteiger partial charge on any atom is -0.344 e. The quantitative estimate of drug-likeness (QED) is 0.853. The van der Waals surface area contributed by atoms with E-state index in [-0.39, 0.29) is 0 Å². The third-order valence-electron chi connectivity index (χ3n) is 3.86. The molecule has 0 aliphatic carbocycles. The average Bonchev–Trinajstić information content (AvgIpc) is 2.56. The van der Waals surface area contributed by atoms with Crippen molar-refractivity contribution in [3.63, 3.8) is 0 Å². The summed E-state index contributed by atoms with van der Waals surface area (Å²) in [6.07, 6.45) is 0.977. The second-order valence-electron chi connectivity index (χ2n) is 5.61. The van der Waals surface area contributed by atoms with Crippen LogP contribution in [0, 0.1) is 13.8 Å². The molecule has 2 N–H and O–H groups in total. The van der Waals surface area contributed by atoms with Crippen LogP contribution in [0.15, 0.2) is 42.5 Å². The summed E-state index contributed by atoms with van der Waals surface area (Å²) in [6, 6.07) is 13.5. The van der Waals surface area contributed by atoms with Gasteiger partial charge in [-0.2, -0.15) is 0 Å². The van der Waals surface area contributed by atoms with Crippen LogP contribution in [-0.4, -0.2) is 11.8 Å². The normalized spacial score (nSPS) is 10.2. The second-order valence-corrected chi connectivity index (χ2v) is 5.61. The van der Waals surface area contributed by atoms with Gasteiger partial charge in [-0.15, -0.1) is 0 Å². The van der Waals surface area contributed by atoms with Crippen LogP contribution in [0.1, 0.15) is 29.2 Å². The van der Waals surface area contributed by atoms with Gasteiger partial charge in [-0.1, -0.05) is 37.3 Å². The van der Waals surface area contributed by atoms with Crippen LogP contribution in [0.2, 0.25) is 0 Å². The molecule has 23 heavy (non-hydrogen) atoms. The lowest BCUT2D eigenvalue weighted by Gasteiger charge is -2.08. The standard InChI is InChI=1S/C19H22N2O2/c1-4-15-6-8-16(9-7-15)12-20-18(22)19(23)21-17-10-5-13(2)14(3)11-17/h5-11H,4,12H2,1-3H3,(H,20,22)(H,21,23). The van der Waals surface area contributed by atoms with E-state index in [9.17, 15) is 9.59 Å². The van der Waals surface area contributed by atoms with Gasteiger partial charge in [-0.25, -0.2) is 0 Å². The first-order valence-electron chi connectivity index (χ1n) is 7.74. The zero-order chi connectivity index (χ0) is 16.8. The minimum absolute atomic E-state index is 0.336. The van der Waals surface area contributed by atoms with Crippen molar-refractivity contribution in [2.45, 2.75) is 33.7 Å². The van der Waals surface area contributed by atoms with Crippen LogP contribution in [-0.2, 0) is 22.6 Å². The molecule has 2 aromatic carbocycles. The maximum absolute atomic E-state index is 11.9. The highest BCUT2D eigenvalue weighted by Crippen LogP contribution is 2.14. The highest BCUT2D eigenvalue weighted by Gasteiger charge is 2.13. The van der Waals surface area contributed by atoms with E-state index in [1.54, 1.807) is 6.07 Å². The third-order valence-corrected chi connectivity index (χ3v) is 3.86. The average molecular weight is 310 g/mol. The van der Waals surface area contributed by atoms with Crippen molar-refractivity contribution < 1.29 is 9.59 Å². The van der Waals surface area contributed by atoms with Gasteiger partial charge in [0.15, 0.2) is 0 Å². The molecule has 2 rings (SSSR count). The summed E-state index contributed by atoms with van der Waals surface area (Å²) in [5.74, 6) is -1.29. The van der Waals surface area contributed by atoms with Crippen LogP contribution in [0.25, 0.3) is 0 Å². The molecule has 4 nitrogen and oxygen atoms in total. The van der Waals surface area contributed by atoms with Crippen molar-refractivity contribution in [1.82, 2.24) is 5.32 Å². The molecule has 4 heteroatoms. The highest BCUT2D eigenvalue weighted by atomic mass is 16.2. The van der Waals surface area contributed by atoms with Crippen LogP contribution < -0.4 is 10.6 Å². The molecule has 0 unspecified atom stereocenters. The molecule has 0 spiro atoms. The van der Waals surface area contributed by atoms with Crippen molar-refractivity contribution in [1.29, 1.82) is 0 Å². The molecule has 0 aliphatic rings. The molecular formula is C19H22N2O2. The first kappa shape index (κ1) is 16.7. The Kier molecular flexibility index (Phi) is 5.52. The number of rotatable bonds is 4. The van der Waals surface area contributed by atoms with Gasteiger partial charge >= 0.3 is 11.8 Å². The predicted molar refractivity (Wildman–Crippen MR) is 92.2 cm³/mol. The Morgan fingerprint density at radius 1 is 0.870 bits per heavy atom. The summed E-state index contributed by atoms with van der Waals surface area (Å²) in [7, 11) is 0. The summed E-state index contributed by atoms with van der Waals surface area (Å²) < 4.78 is 0. The highest BCUT2D eigenvalue weighted by molar-refractivity contribution is 6.39. The molecule has 0 saturated heterocycles. The fourth-order valence-electron chi connectivity index (χ4n) is 2.16. The van der Waals surface area contributed by atoms with E-state index in [0.717, 1.165) is 23.1 Å². The van der Waals surface area contributed by atoms with Crippen molar-refractivity contribution in [2.75, 3.05) is 5.32 Å². The molecule has 0 saturated carbocycles. The van der Waals surface area contributed by atoms with E-state index in [4.69, 9.17) is 0 Å². The Labute approximate surface area is 136 Å². The summed E-state index contributed by atoms with van der Waals surface area (Å²) in [6.45, 7) is 6.39. The Morgan fingerprint density at radius 3 is 2.13 bits per heavy atom. The number of amides is 2. The lowest BCUT2D eigenvalue weighted by atomic mass is 10.1. The first-order valence-corrected chi connectivity index (χ1v) is 7.74. The SMILES string of the molecule is CCc1ccc(CNC(=O)C(=O)Nc2ccc(C)c(C)c2)cc1. The lowest BCUT2D eigenvalue weighted by Crippen LogP contribution is -2.34. The van der Waals surface area contributed by atoms with E-state index in [1.165, 1.54) is 5.56 Å². The molecule has 0 aliphatic heterocycles. The monoisotopic (exact) mass is 310 g/mol. The van der Waals surface area contributed by atoms with Gasteiger partial charge in [0.1, 0.15) is 0 Å². The Morgan fingerprint density at radius 2 is 1.52 bits per heavy atom. The van der Waals surface area contributed by atoms with Crippen LogP contribution in [0.3, 0.4) is 0 Å². The van der Waals surface area contributed by atoms with E-state index in [0.29, 0.717) is 12.2 Å². The number of benzene rings is 2. The van der Waals surface area contributed by atoms with Gasteiger partial charge in [-0.3, -0.25) is 9.59 Å². The molecule has 0 radical (unpaired) electrons. The molecule has 0 atom stereocenters. The summed E-state index contributed by atoms with van der Waals surface area (Å²) >= 11 is 0. The number of carbonyl (C=O) groups excluding carboxylic acids is 2. The van der Waals surface area contributed by atoms with Crippen LogP contribution in [0.5, 0.6) is 0 Å². The fraction of sp³-hybridized carbons (Fsp3) is 0.263. The molecular weight excluding hydrogens is 288 g/mol. The van der Waals surface area contributed by atoms with E-state index in [1.807, 2.05) is 50.2 Å². The van der Waals surface area contributed by atoms with Gasteiger partial charge in [0.2, 0.25) is 0 Å². The predicted octanol–water partition coefficient (Wildman–Crippen LogP) is 3.12. The maximum Gasteiger partial charge on any atom is 0.313 e. The largest absolute Gasteiger partial charge is 0.344 e. The fourth-order valence-corrected chi connectivity index (χ4v) is 2.16. The Balaban J connectivity index is 1.89. The number of carbonyl (C=O) groups is 2. The smallest absolute Gasteiger partial charge is 0.313 e. The lowest BCUT2D eigenvalue weighted by molar-refractivity contribution is -0.136. The van der Waals surface area contributed by atoms with Gasteiger partial charge in [0.05, 0.1) is 0 Å². The molecule has 2 amide bonds. The number of aryl methyl sites for hydroxylation is 3. The van der Waals surface area contributed by atoms with Crippen molar-refractivity contribution in [3.05, 3.63) is 64.7 Å². The van der Waals surface area contributed by atoms with Gasteiger partial charge in [-0.05, 0) is 54.7 Å². The topological polar surface area (TPSA) is 58.2 Å². The molecule has 120 valence electrons. The molecule has 0 fully saturated rings. The first-order chi connectivity index (χ1) is 11.0. The van der Waals surface area contributed by atoms with Gasteiger partial charge in [0, 0.05) is 12.2 Å². The number of anilines is 1. The van der Waals surface area contributed by atoms with Crippen molar-refractivity contribution >= 4 is 17.5 Å². The second kappa shape index (κ2) is 7.58. The van der Waals surface area contributed by atoms with Gasteiger partial charge < -0.3 is 10.6 Å². The summed E-state index contributed by atoms with van der Waals surface area (Å²) in [5.41, 5.74) is 5.05. The van der Waals surface area contributed by atoms with Gasteiger partial charge in [0.25, 0.3) is 0 Å². The van der Waals surface area contributed by atoms with E-state index < -0.39 is 11.8 Å². The Bertz CT molecular complexity index is 706. The van der Waals surface area contributed by atoms with E-state index in [2.05, 4.69) is 17.6 Å². The molecule has 2 aromatic rings. The van der Waals surface area contributed by atoms with Crippen LogP contribution in [0.4, 0.5) is 5.69 Å². The number of hydrogen-bond donors (Lipinski definition) is 2. The molecule has 0 heterocycles. The third kappa shape index (κ3) is 4.68. The van der Waals surface area contributed by atoms with E-state index >= 15 is 0 Å². The van der Waals surface area contributed by atoms with Crippen molar-refractivity contribution in [2.24, 2.45) is 0 Å². The zero-order valence-corrected chi connectivity index (χ0v) is 13.8. The summed E-state index contributed by atoms with van der Waals surface area (Å²) in [5, 5.41) is 5.24. The number of nitrogens with one attached hydrogen (secondary N) is 2. The Hall–Kier alpha value is -2.62. The minimum atomic E-state index is -0.654. The maximum atomic E-state index is 11.9.